The number of aromatic nitrogens is 1. The Hall–Kier alpha value is -2.54. The van der Waals surface area contributed by atoms with Crippen LogP contribution in [0.2, 0.25) is 0 Å². The van der Waals surface area contributed by atoms with Crippen LogP contribution in [0.1, 0.15) is 23.0 Å². The van der Waals surface area contributed by atoms with E-state index in [1.54, 1.807) is 43.5 Å². The summed E-state index contributed by atoms with van der Waals surface area (Å²) in [6.45, 7) is 1.67. The lowest BCUT2D eigenvalue weighted by molar-refractivity contribution is -0.115. The van der Waals surface area contributed by atoms with Gasteiger partial charge in [0.2, 0.25) is 5.91 Å². The topological polar surface area (TPSA) is 83.4 Å². The van der Waals surface area contributed by atoms with E-state index in [0.717, 1.165) is 0 Å². The molecule has 0 atom stereocenters. The summed E-state index contributed by atoms with van der Waals surface area (Å²) in [5.41, 5.74) is 2.93. The number of nitrogens with zero attached hydrogens (tertiary/aromatic N) is 2. The van der Waals surface area contributed by atoms with Crippen LogP contribution in [0.4, 0.5) is 5.82 Å². The first-order valence-corrected chi connectivity index (χ1v) is 7.11. The first kappa shape index (κ1) is 14.9. The minimum absolute atomic E-state index is 0.0846. The van der Waals surface area contributed by atoms with Crippen molar-refractivity contribution in [2.24, 2.45) is 5.10 Å². The Morgan fingerprint density at radius 1 is 1.29 bits per heavy atom. The number of carbonyl (C=O) groups is 2. The Balaban J connectivity index is 1.83. The first-order valence-electron chi connectivity index (χ1n) is 6.23. The van der Waals surface area contributed by atoms with E-state index in [2.05, 4.69) is 20.8 Å². The van der Waals surface area contributed by atoms with Gasteiger partial charge in [0.15, 0.2) is 0 Å². The van der Waals surface area contributed by atoms with Crippen molar-refractivity contribution in [2.75, 3.05) is 5.32 Å². The lowest BCUT2D eigenvalue weighted by Gasteiger charge is -2.04. The normalized spacial score (nSPS) is 11.0. The number of nitrogens with one attached hydrogen (secondary N) is 2. The molecule has 0 saturated heterocycles. The minimum atomic E-state index is -0.283. The Morgan fingerprint density at radius 2 is 2.14 bits per heavy atom. The Kier molecular flexibility index (Phi) is 5.16. The number of anilines is 1. The maximum absolute atomic E-state index is 11.8. The molecule has 2 aromatic heterocycles. The summed E-state index contributed by atoms with van der Waals surface area (Å²) in [7, 11) is 0. The summed E-state index contributed by atoms with van der Waals surface area (Å²) in [5.74, 6) is -0.0345. The van der Waals surface area contributed by atoms with Crippen LogP contribution in [0, 0.1) is 0 Å². The van der Waals surface area contributed by atoms with Gasteiger partial charge >= 0.3 is 0 Å². The maximum Gasteiger partial charge on any atom is 0.281 e. The highest BCUT2D eigenvalue weighted by molar-refractivity contribution is 7.12. The molecule has 21 heavy (non-hydrogen) atoms. The Bertz CT molecular complexity index is 638. The monoisotopic (exact) mass is 302 g/mol. The van der Waals surface area contributed by atoms with E-state index in [1.165, 1.54) is 11.3 Å². The molecule has 0 saturated carbocycles. The lowest BCUT2D eigenvalue weighted by Crippen LogP contribution is -2.21. The van der Waals surface area contributed by atoms with Crippen LogP contribution in [-0.4, -0.2) is 22.5 Å². The van der Waals surface area contributed by atoms with Gasteiger partial charge < -0.3 is 5.32 Å². The van der Waals surface area contributed by atoms with Crippen molar-refractivity contribution in [3.8, 4) is 0 Å². The first-order chi connectivity index (χ1) is 10.1. The molecule has 2 amide bonds. The van der Waals surface area contributed by atoms with Gasteiger partial charge in [0.05, 0.1) is 11.3 Å². The van der Waals surface area contributed by atoms with Crippen molar-refractivity contribution in [3.63, 3.8) is 0 Å². The van der Waals surface area contributed by atoms with Crippen molar-refractivity contribution >= 4 is 34.7 Å². The van der Waals surface area contributed by atoms with Crippen LogP contribution >= 0.6 is 11.3 Å². The molecular weight excluding hydrogens is 288 g/mol. The van der Waals surface area contributed by atoms with Crippen molar-refractivity contribution in [1.82, 2.24) is 10.4 Å². The third-order valence-corrected chi connectivity index (χ3v) is 3.31. The van der Waals surface area contributed by atoms with Gasteiger partial charge in [0.25, 0.3) is 5.91 Å². The minimum Gasteiger partial charge on any atom is -0.310 e. The maximum atomic E-state index is 11.8. The van der Waals surface area contributed by atoms with Crippen LogP contribution in [0.5, 0.6) is 0 Å². The summed E-state index contributed by atoms with van der Waals surface area (Å²) >= 11 is 1.33. The predicted octanol–water partition coefficient (Wildman–Crippen LogP) is 2.28. The molecule has 0 aliphatic rings. The van der Waals surface area contributed by atoms with E-state index in [9.17, 15) is 9.59 Å². The Morgan fingerprint density at radius 3 is 2.81 bits per heavy atom. The molecule has 7 heteroatoms. The van der Waals surface area contributed by atoms with Crippen LogP contribution in [0.25, 0.3) is 0 Å². The van der Waals surface area contributed by atoms with E-state index in [-0.39, 0.29) is 18.2 Å². The van der Waals surface area contributed by atoms with Crippen molar-refractivity contribution < 1.29 is 9.59 Å². The molecule has 0 radical (unpaired) electrons. The second kappa shape index (κ2) is 7.30. The molecule has 6 nitrogen and oxygen atoms in total. The van der Waals surface area contributed by atoms with E-state index < -0.39 is 0 Å². The molecule has 0 aliphatic carbocycles. The van der Waals surface area contributed by atoms with E-state index in [0.29, 0.717) is 16.4 Å². The number of carbonyl (C=O) groups excluding carboxylic acids is 2. The molecule has 108 valence electrons. The van der Waals surface area contributed by atoms with Gasteiger partial charge in [0, 0.05) is 11.9 Å². The van der Waals surface area contributed by atoms with Crippen LogP contribution in [0.15, 0.2) is 47.0 Å². The molecule has 0 fully saturated rings. The predicted molar refractivity (Wildman–Crippen MR) is 82.4 cm³/mol. The average molecular weight is 302 g/mol. The summed E-state index contributed by atoms with van der Waals surface area (Å²) in [6.07, 6.45) is 1.68. The standard InChI is InChI=1S/C14H14N4O2S/c1-10(17-18-14(20)11-5-4-8-21-11)9-13(19)16-12-6-2-3-7-15-12/h2-8H,9H2,1H3,(H,18,20)(H,15,16,19)/b17-10+. The van der Waals surface area contributed by atoms with Gasteiger partial charge in [-0.2, -0.15) is 5.10 Å². The molecular formula is C14H14N4O2S. The smallest absolute Gasteiger partial charge is 0.281 e. The van der Waals surface area contributed by atoms with Crippen LogP contribution in [-0.2, 0) is 4.79 Å². The quantitative estimate of drug-likeness (QED) is 0.656. The molecule has 2 aromatic rings. The highest BCUT2D eigenvalue weighted by atomic mass is 32.1. The van der Waals surface area contributed by atoms with Crippen molar-refractivity contribution in [2.45, 2.75) is 13.3 Å². The molecule has 2 heterocycles. The van der Waals surface area contributed by atoms with Gasteiger partial charge in [-0.25, -0.2) is 10.4 Å². The van der Waals surface area contributed by atoms with Crippen molar-refractivity contribution in [3.05, 3.63) is 46.8 Å². The zero-order valence-corrected chi connectivity index (χ0v) is 12.2. The zero-order valence-electron chi connectivity index (χ0n) is 11.4. The number of hydrogen-bond acceptors (Lipinski definition) is 5. The van der Waals surface area contributed by atoms with Gasteiger partial charge in [-0.1, -0.05) is 12.1 Å². The fraction of sp³-hybridized carbons (Fsp3) is 0.143. The highest BCUT2D eigenvalue weighted by Crippen LogP contribution is 2.07. The summed E-state index contributed by atoms with van der Waals surface area (Å²) in [6, 6.07) is 8.74. The van der Waals surface area contributed by atoms with Gasteiger partial charge in [0.1, 0.15) is 5.82 Å². The van der Waals surface area contributed by atoms with Crippen LogP contribution < -0.4 is 10.7 Å². The molecule has 0 spiro atoms. The number of rotatable bonds is 5. The molecule has 2 rings (SSSR count). The Labute approximate surface area is 125 Å². The van der Waals surface area contributed by atoms with Crippen molar-refractivity contribution in [1.29, 1.82) is 0 Å². The summed E-state index contributed by atoms with van der Waals surface area (Å²) in [5, 5.41) is 8.36. The highest BCUT2D eigenvalue weighted by Gasteiger charge is 2.07. The SMILES string of the molecule is C/C(CC(=O)Nc1ccccn1)=N\NC(=O)c1cccs1. The van der Waals surface area contributed by atoms with E-state index >= 15 is 0 Å². The van der Waals surface area contributed by atoms with E-state index in [4.69, 9.17) is 0 Å². The molecule has 2 N–H and O–H groups in total. The van der Waals surface area contributed by atoms with Gasteiger partial charge in [-0.3, -0.25) is 9.59 Å². The number of hydrazone groups is 1. The number of amides is 2. The fourth-order valence-electron chi connectivity index (χ4n) is 1.50. The largest absolute Gasteiger partial charge is 0.310 e. The second-order valence-corrected chi connectivity index (χ2v) is 5.15. The number of hydrogen-bond donors (Lipinski definition) is 2. The summed E-state index contributed by atoms with van der Waals surface area (Å²) < 4.78 is 0. The lowest BCUT2D eigenvalue weighted by atomic mass is 10.3. The molecule has 0 aliphatic heterocycles. The summed E-state index contributed by atoms with van der Waals surface area (Å²) in [4.78, 5) is 28.0. The molecule has 0 unspecified atom stereocenters. The second-order valence-electron chi connectivity index (χ2n) is 4.21. The average Bonchev–Trinajstić information content (AvgIpc) is 3.00. The zero-order chi connectivity index (χ0) is 15.1. The third-order valence-electron chi connectivity index (χ3n) is 2.44. The van der Waals surface area contributed by atoms with E-state index in [1.807, 2.05) is 5.38 Å². The fourth-order valence-corrected chi connectivity index (χ4v) is 2.12. The third kappa shape index (κ3) is 4.81. The van der Waals surface area contributed by atoms with Gasteiger partial charge in [-0.05, 0) is 30.5 Å². The van der Waals surface area contributed by atoms with Gasteiger partial charge in [-0.15, -0.1) is 11.3 Å². The molecule has 0 aromatic carbocycles. The number of pyridine rings is 1. The van der Waals surface area contributed by atoms with Crippen LogP contribution in [0.3, 0.4) is 0 Å². The molecule has 0 bridgehead atoms. The number of thiophene rings is 1.